The van der Waals surface area contributed by atoms with Gasteiger partial charge in [0.05, 0.1) is 17.9 Å². The zero-order valence-corrected chi connectivity index (χ0v) is 12.1. The van der Waals surface area contributed by atoms with Crippen molar-refractivity contribution in [2.24, 2.45) is 0 Å². The third-order valence-corrected chi connectivity index (χ3v) is 3.33. The Morgan fingerprint density at radius 2 is 1.95 bits per heavy atom. The third kappa shape index (κ3) is 6.89. The molecule has 0 saturated heterocycles. The fourth-order valence-electron chi connectivity index (χ4n) is 1.60. The van der Waals surface area contributed by atoms with Crippen LogP contribution in [0.5, 0.6) is 0 Å². The van der Waals surface area contributed by atoms with Crippen LogP contribution in [0.1, 0.15) is 17.2 Å². The molecule has 1 aromatic carbocycles. The number of halogens is 3. The topological polar surface area (TPSA) is 78.4 Å². The molecule has 3 N–H and O–H groups in total. The Morgan fingerprint density at radius 3 is 2.52 bits per heavy atom. The lowest BCUT2D eigenvalue weighted by Crippen LogP contribution is -2.33. The standard InChI is InChI=1S/C12H17F3N2O3S/c1-21(19,20)17-6-5-16-8-11(18)9-3-2-4-10(7-9)12(13,14)15/h2-4,7,11,16-18H,5-6,8H2,1H3. The number of alkyl halides is 3. The van der Waals surface area contributed by atoms with Crippen molar-refractivity contribution in [1.29, 1.82) is 0 Å². The summed E-state index contributed by atoms with van der Waals surface area (Å²) in [6.07, 6.45) is -4.54. The van der Waals surface area contributed by atoms with Gasteiger partial charge < -0.3 is 10.4 Å². The molecule has 0 aliphatic rings. The second kappa shape index (κ2) is 7.21. The Hall–Kier alpha value is -1.16. The SMILES string of the molecule is CS(=O)(=O)NCCNCC(O)c1cccc(C(F)(F)F)c1. The van der Waals surface area contributed by atoms with Gasteiger partial charge in [-0.2, -0.15) is 13.2 Å². The maximum absolute atomic E-state index is 12.5. The number of hydrogen-bond acceptors (Lipinski definition) is 4. The van der Waals surface area contributed by atoms with Crippen LogP contribution in [0.2, 0.25) is 0 Å². The van der Waals surface area contributed by atoms with Crippen LogP contribution < -0.4 is 10.0 Å². The van der Waals surface area contributed by atoms with E-state index in [0.29, 0.717) is 0 Å². The summed E-state index contributed by atoms with van der Waals surface area (Å²) in [6.45, 7) is 0.407. The second-order valence-electron chi connectivity index (χ2n) is 4.51. The van der Waals surface area contributed by atoms with Crippen molar-refractivity contribution in [1.82, 2.24) is 10.0 Å². The van der Waals surface area contributed by atoms with Gasteiger partial charge in [-0.05, 0) is 17.7 Å². The molecular weight excluding hydrogens is 309 g/mol. The van der Waals surface area contributed by atoms with E-state index in [-0.39, 0.29) is 25.2 Å². The number of aliphatic hydroxyl groups excluding tert-OH is 1. The third-order valence-electron chi connectivity index (χ3n) is 2.60. The smallest absolute Gasteiger partial charge is 0.387 e. The van der Waals surface area contributed by atoms with Crippen LogP contribution in [0.15, 0.2) is 24.3 Å². The summed E-state index contributed by atoms with van der Waals surface area (Å²) >= 11 is 0. The van der Waals surface area contributed by atoms with Gasteiger partial charge in [0.2, 0.25) is 10.0 Å². The van der Waals surface area contributed by atoms with Crippen molar-refractivity contribution in [2.75, 3.05) is 25.9 Å². The van der Waals surface area contributed by atoms with Gasteiger partial charge in [-0.25, -0.2) is 13.1 Å². The molecule has 9 heteroatoms. The van der Waals surface area contributed by atoms with Gasteiger partial charge in [0, 0.05) is 19.6 Å². The van der Waals surface area contributed by atoms with Crippen LogP contribution >= 0.6 is 0 Å². The Balaban J connectivity index is 2.47. The van der Waals surface area contributed by atoms with Gasteiger partial charge >= 0.3 is 6.18 Å². The minimum absolute atomic E-state index is 0.0206. The van der Waals surface area contributed by atoms with E-state index in [1.807, 2.05) is 0 Å². The molecule has 5 nitrogen and oxygen atoms in total. The molecule has 0 aliphatic heterocycles. The fourth-order valence-corrected chi connectivity index (χ4v) is 2.08. The van der Waals surface area contributed by atoms with E-state index in [9.17, 15) is 26.7 Å². The number of benzene rings is 1. The van der Waals surface area contributed by atoms with Gasteiger partial charge in [-0.1, -0.05) is 12.1 Å². The summed E-state index contributed by atoms with van der Waals surface area (Å²) in [6, 6.07) is 4.45. The largest absolute Gasteiger partial charge is 0.416 e. The Morgan fingerprint density at radius 1 is 1.29 bits per heavy atom. The van der Waals surface area contributed by atoms with Gasteiger partial charge in [0.15, 0.2) is 0 Å². The van der Waals surface area contributed by atoms with E-state index in [1.165, 1.54) is 12.1 Å². The fraction of sp³-hybridized carbons (Fsp3) is 0.500. The van der Waals surface area contributed by atoms with Crippen molar-refractivity contribution in [3.05, 3.63) is 35.4 Å². The highest BCUT2D eigenvalue weighted by Gasteiger charge is 2.30. The molecule has 1 rings (SSSR count). The minimum Gasteiger partial charge on any atom is -0.387 e. The predicted octanol–water partition coefficient (Wildman–Crippen LogP) is 0.878. The molecule has 0 aromatic heterocycles. The number of hydrogen-bond donors (Lipinski definition) is 3. The highest BCUT2D eigenvalue weighted by Crippen LogP contribution is 2.30. The molecule has 0 fully saturated rings. The van der Waals surface area contributed by atoms with Crippen molar-refractivity contribution in [3.63, 3.8) is 0 Å². The molecule has 1 unspecified atom stereocenters. The van der Waals surface area contributed by atoms with E-state index in [4.69, 9.17) is 0 Å². The molecule has 0 saturated carbocycles. The molecule has 0 amide bonds. The molecule has 0 aliphatic carbocycles. The summed E-state index contributed by atoms with van der Waals surface area (Å²) in [5, 5.41) is 12.6. The molecule has 0 bridgehead atoms. The van der Waals surface area contributed by atoms with Crippen LogP contribution in [0.25, 0.3) is 0 Å². The van der Waals surface area contributed by atoms with Crippen molar-refractivity contribution < 1.29 is 26.7 Å². The van der Waals surface area contributed by atoms with Crippen LogP contribution in [0.4, 0.5) is 13.2 Å². The van der Waals surface area contributed by atoms with Gasteiger partial charge in [0.25, 0.3) is 0 Å². The first-order chi connectivity index (χ1) is 9.59. The number of nitrogens with one attached hydrogen (secondary N) is 2. The second-order valence-corrected chi connectivity index (χ2v) is 6.34. The summed E-state index contributed by atoms with van der Waals surface area (Å²) in [5.74, 6) is 0. The quantitative estimate of drug-likeness (QED) is 0.650. The molecule has 1 atom stereocenters. The van der Waals surface area contributed by atoms with E-state index >= 15 is 0 Å². The molecule has 120 valence electrons. The van der Waals surface area contributed by atoms with Crippen molar-refractivity contribution in [2.45, 2.75) is 12.3 Å². The first-order valence-corrected chi connectivity index (χ1v) is 7.99. The molecular formula is C12H17F3N2O3S. The number of aliphatic hydroxyl groups is 1. The van der Waals surface area contributed by atoms with Gasteiger partial charge in [-0.15, -0.1) is 0 Å². The summed E-state index contributed by atoms with van der Waals surface area (Å²) in [7, 11) is -3.28. The van der Waals surface area contributed by atoms with Crippen LogP contribution in [-0.2, 0) is 16.2 Å². The first kappa shape index (κ1) is 17.9. The zero-order valence-electron chi connectivity index (χ0n) is 11.3. The van der Waals surface area contributed by atoms with Gasteiger partial charge in [0.1, 0.15) is 0 Å². The average molecular weight is 326 g/mol. The lowest BCUT2D eigenvalue weighted by molar-refractivity contribution is -0.137. The Bertz CT molecular complexity index is 561. The minimum atomic E-state index is -4.46. The summed E-state index contributed by atoms with van der Waals surface area (Å²) in [5.41, 5.74) is -0.675. The molecule has 0 heterocycles. The zero-order chi connectivity index (χ0) is 16.1. The lowest BCUT2D eigenvalue weighted by Gasteiger charge is -2.14. The van der Waals surface area contributed by atoms with Gasteiger partial charge in [-0.3, -0.25) is 0 Å². The van der Waals surface area contributed by atoms with Crippen LogP contribution in [0, 0.1) is 0 Å². The molecule has 21 heavy (non-hydrogen) atoms. The van der Waals surface area contributed by atoms with Crippen molar-refractivity contribution >= 4 is 10.0 Å². The predicted molar refractivity (Wildman–Crippen MR) is 72.1 cm³/mol. The van der Waals surface area contributed by atoms with E-state index in [2.05, 4.69) is 10.0 Å². The molecule has 0 spiro atoms. The summed E-state index contributed by atoms with van der Waals surface area (Å²) in [4.78, 5) is 0. The maximum Gasteiger partial charge on any atom is 0.416 e. The van der Waals surface area contributed by atoms with E-state index in [1.54, 1.807) is 0 Å². The normalized spacial score (nSPS) is 14.1. The molecule has 0 radical (unpaired) electrons. The average Bonchev–Trinajstić information content (AvgIpc) is 2.36. The molecule has 1 aromatic rings. The maximum atomic E-state index is 12.5. The first-order valence-electron chi connectivity index (χ1n) is 6.10. The number of sulfonamides is 1. The van der Waals surface area contributed by atoms with Crippen molar-refractivity contribution in [3.8, 4) is 0 Å². The summed E-state index contributed by atoms with van der Waals surface area (Å²) < 4.78 is 61.4. The lowest BCUT2D eigenvalue weighted by atomic mass is 10.1. The van der Waals surface area contributed by atoms with E-state index in [0.717, 1.165) is 18.4 Å². The monoisotopic (exact) mass is 326 g/mol. The van der Waals surface area contributed by atoms with E-state index < -0.39 is 27.9 Å². The Labute approximate surface area is 121 Å². The highest BCUT2D eigenvalue weighted by atomic mass is 32.2. The van der Waals surface area contributed by atoms with Crippen LogP contribution in [0.3, 0.4) is 0 Å². The highest BCUT2D eigenvalue weighted by molar-refractivity contribution is 7.88. The number of rotatable bonds is 7. The Kier molecular flexibility index (Phi) is 6.14. The van der Waals surface area contributed by atoms with Crippen LogP contribution in [-0.4, -0.2) is 39.4 Å².